The Bertz CT molecular complexity index is 1540. The molecule has 0 aliphatic carbocycles. The van der Waals surface area contributed by atoms with Gasteiger partial charge in [0.2, 0.25) is 0 Å². The number of barbiturate groups is 1. The number of hydrogen-bond acceptors (Lipinski definition) is 6. The SMILES string of the molecule is CCOc1cc(/C=C2/C(=O)NC(=O)N(c3ccc(C)c(C)c3)C2=O)cc(Br)c1OCC(=O)Nc1ccc(F)cc1. The number of amides is 5. The molecule has 1 fully saturated rings. The van der Waals surface area contributed by atoms with Crippen molar-refractivity contribution in [2.75, 3.05) is 23.4 Å². The van der Waals surface area contributed by atoms with Gasteiger partial charge in [-0.1, -0.05) is 6.07 Å². The summed E-state index contributed by atoms with van der Waals surface area (Å²) in [5.74, 6) is -2.03. The number of aryl methyl sites for hydroxylation is 2. The Hall–Kier alpha value is -4.51. The largest absolute Gasteiger partial charge is 0.490 e. The van der Waals surface area contributed by atoms with Crippen molar-refractivity contribution >= 4 is 57.1 Å². The van der Waals surface area contributed by atoms with Crippen LogP contribution in [0.15, 0.2) is 64.6 Å². The van der Waals surface area contributed by atoms with Crippen molar-refractivity contribution in [1.29, 1.82) is 0 Å². The highest BCUT2D eigenvalue weighted by Crippen LogP contribution is 2.38. The van der Waals surface area contributed by atoms with E-state index >= 15 is 0 Å². The molecule has 0 unspecified atom stereocenters. The van der Waals surface area contributed by atoms with Crippen LogP contribution in [-0.2, 0) is 14.4 Å². The number of carbonyl (C=O) groups is 4. The molecule has 9 nitrogen and oxygen atoms in total. The third-order valence-electron chi connectivity index (χ3n) is 5.97. The van der Waals surface area contributed by atoms with Crippen molar-refractivity contribution in [2.24, 2.45) is 0 Å². The van der Waals surface area contributed by atoms with Gasteiger partial charge in [0.25, 0.3) is 17.7 Å². The number of rotatable bonds is 8. The zero-order valence-electron chi connectivity index (χ0n) is 21.8. The van der Waals surface area contributed by atoms with E-state index in [0.717, 1.165) is 16.0 Å². The van der Waals surface area contributed by atoms with E-state index in [9.17, 15) is 23.6 Å². The number of carbonyl (C=O) groups excluding carboxylic acids is 4. The van der Waals surface area contributed by atoms with E-state index in [4.69, 9.17) is 9.47 Å². The van der Waals surface area contributed by atoms with Crippen molar-refractivity contribution in [3.05, 3.63) is 87.2 Å². The Morgan fingerprint density at radius 3 is 2.42 bits per heavy atom. The zero-order chi connectivity index (χ0) is 29.0. The van der Waals surface area contributed by atoms with Crippen LogP contribution >= 0.6 is 15.9 Å². The lowest BCUT2D eigenvalue weighted by molar-refractivity contribution is -0.122. The fourth-order valence-corrected chi connectivity index (χ4v) is 4.44. The normalized spacial score (nSPS) is 14.3. The fourth-order valence-electron chi connectivity index (χ4n) is 3.87. The topological polar surface area (TPSA) is 114 Å². The molecule has 3 aromatic carbocycles. The Morgan fingerprint density at radius 1 is 1.02 bits per heavy atom. The van der Waals surface area contributed by atoms with Crippen LogP contribution in [0.1, 0.15) is 23.6 Å². The lowest BCUT2D eigenvalue weighted by Crippen LogP contribution is -2.54. The van der Waals surface area contributed by atoms with Gasteiger partial charge >= 0.3 is 6.03 Å². The molecule has 1 saturated heterocycles. The minimum atomic E-state index is -0.839. The average molecular weight is 610 g/mol. The van der Waals surface area contributed by atoms with Gasteiger partial charge in [0.1, 0.15) is 11.4 Å². The summed E-state index contributed by atoms with van der Waals surface area (Å²) in [6.45, 7) is 5.42. The first-order valence-corrected chi connectivity index (χ1v) is 13.0. The standard InChI is InChI=1S/C29H25BrFN3O6/c1-4-39-24-14-18(13-23(30)26(24)40-15-25(35)32-20-8-6-19(31)7-9-20)12-22-27(36)33-29(38)34(28(22)37)21-10-5-16(2)17(3)11-21/h5-14H,4,15H2,1-3H3,(H,32,35)(H,33,36,38)/b22-12-. The van der Waals surface area contributed by atoms with Crippen LogP contribution < -0.4 is 25.0 Å². The molecule has 0 bridgehead atoms. The average Bonchev–Trinajstić information content (AvgIpc) is 2.89. The van der Waals surface area contributed by atoms with Crippen LogP contribution in [0.2, 0.25) is 0 Å². The van der Waals surface area contributed by atoms with Crippen LogP contribution in [0.3, 0.4) is 0 Å². The van der Waals surface area contributed by atoms with E-state index in [1.54, 1.807) is 37.3 Å². The number of halogens is 2. The van der Waals surface area contributed by atoms with Crippen LogP contribution in [-0.4, -0.2) is 37.0 Å². The molecule has 0 spiro atoms. The van der Waals surface area contributed by atoms with Crippen molar-refractivity contribution in [2.45, 2.75) is 20.8 Å². The third-order valence-corrected chi connectivity index (χ3v) is 6.56. The highest BCUT2D eigenvalue weighted by atomic mass is 79.9. The third kappa shape index (κ3) is 6.37. The molecular formula is C29H25BrFN3O6. The summed E-state index contributed by atoms with van der Waals surface area (Å²) in [7, 11) is 0. The molecule has 0 saturated carbocycles. The Labute approximate surface area is 238 Å². The molecule has 206 valence electrons. The Kier molecular flexibility index (Phi) is 8.64. The maximum atomic E-state index is 13.3. The minimum Gasteiger partial charge on any atom is -0.490 e. The predicted octanol–water partition coefficient (Wildman–Crippen LogP) is 5.29. The van der Waals surface area contributed by atoms with Crippen LogP contribution in [0.25, 0.3) is 6.08 Å². The number of urea groups is 1. The molecule has 11 heteroatoms. The zero-order valence-corrected chi connectivity index (χ0v) is 23.4. The van der Waals surface area contributed by atoms with Gasteiger partial charge in [0, 0.05) is 5.69 Å². The van der Waals surface area contributed by atoms with Gasteiger partial charge in [0.15, 0.2) is 18.1 Å². The molecule has 40 heavy (non-hydrogen) atoms. The summed E-state index contributed by atoms with van der Waals surface area (Å²) < 4.78 is 24.9. The van der Waals surface area contributed by atoms with Gasteiger partial charge in [-0.15, -0.1) is 0 Å². The maximum Gasteiger partial charge on any atom is 0.335 e. The number of ether oxygens (including phenoxy) is 2. The summed E-state index contributed by atoms with van der Waals surface area (Å²) in [5.41, 5.74) is 2.77. The lowest BCUT2D eigenvalue weighted by Gasteiger charge is -2.27. The number of nitrogens with one attached hydrogen (secondary N) is 2. The Balaban J connectivity index is 1.58. The first kappa shape index (κ1) is 28.5. The molecule has 3 aromatic rings. The van der Waals surface area contributed by atoms with E-state index in [0.29, 0.717) is 21.4 Å². The second-order valence-electron chi connectivity index (χ2n) is 8.83. The monoisotopic (exact) mass is 609 g/mol. The van der Waals surface area contributed by atoms with E-state index in [-0.39, 0.29) is 30.3 Å². The van der Waals surface area contributed by atoms with Gasteiger partial charge in [-0.25, -0.2) is 14.1 Å². The lowest BCUT2D eigenvalue weighted by atomic mass is 10.0. The molecule has 1 heterocycles. The predicted molar refractivity (Wildman–Crippen MR) is 151 cm³/mol. The second-order valence-corrected chi connectivity index (χ2v) is 9.69. The molecule has 4 rings (SSSR count). The molecule has 5 amide bonds. The fraction of sp³-hybridized carbons (Fsp3) is 0.172. The number of anilines is 2. The van der Waals surface area contributed by atoms with Crippen LogP contribution in [0.5, 0.6) is 11.5 Å². The van der Waals surface area contributed by atoms with Crippen molar-refractivity contribution < 1.29 is 33.0 Å². The highest BCUT2D eigenvalue weighted by molar-refractivity contribution is 9.10. The summed E-state index contributed by atoms with van der Waals surface area (Å²) >= 11 is 3.40. The maximum absolute atomic E-state index is 13.3. The molecule has 1 aliphatic rings. The molecular weight excluding hydrogens is 585 g/mol. The van der Waals surface area contributed by atoms with Gasteiger partial charge in [-0.05, 0) is 108 Å². The van der Waals surface area contributed by atoms with Crippen molar-refractivity contribution in [3.63, 3.8) is 0 Å². The quantitative estimate of drug-likeness (QED) is 0.265. The first-order valence-electron chi connectivity index (χ1n) is 12.2. The molecule has 1 aliphatic heterocycles. The molecule has 2 N–H and O–H groups in total. The van der Waals surface area contributed by atoms with Crippen LogP contribution in [0.4, 0.5) is 20.6 Å². The number of imide groups is 2. The van der Waals surface area contributed by atoms with Crippen LogP contribution in [0, 0.1) is 19.7 Å². The van der Waals surface area contributed by atoms with Crippen molar-refractivity contribution in [3.8, 4) is 11.5 Å². The molecule has 0 atom stereocenters. The number of benzene rings is 3. The summed E-state index contributed by atoms with van der Waals surface area (Å²) in [6, 6.07) is 12.7. The highest BCUT2D eigenvalue weighted by Gasteiger charge is 2.37. The molecule has 0 radical (unpaired) electrons. The summed E-state index contributed by atoms with van der Waals surface area (Å²) in [4.78, 5) is 51.8. The number of hydrogen-bond donors (Lipinski definition) is 2. The van der Waals surface area contributed by atoms with E-state index in [2.05, 4.69) is 26.6 Å². The first-order chi connectivity index (χ1) is 19.1. The second kappa shape index (κ2) is 12.1. The summed E-state index contributed by atoms with van der Waals surface area (Å²) in [6.07, 6.45) is 1.34. The van der Waals surface area contributed by atoms with Gasteiger partial charge < -0.3 is 14.8 Å². The van der Waals surface area contributed by atoms with Gasteiger partial charge in [0.05, 0.1) is 16.8 Å². The summed E-state index contributed by atoms with van der Waals surface area (Å²) in [5, 5.41) is 4.81. The van der Waals surface area contributed by atoms with Gasteiger partial charge in [-0.2, -0.15) is 0 Å². The van der Waals surface area contributed by atoms with E-state index in [1.165, 1.54) is 30.3 Å². The Morgan fingerprint density at radius 2 is 1.75 bits per heavy atom. The minimum absolute atomic E-state index is 0.226. The van der Waals surface area contributed by atoms with Gasteiger partial charge in [-0.3, -0.25) is 19.7 Å². The van der Waals surface area contributed by atoms with Crippen molar-refractivity contribution in [1.82, 2.24) is 5.32 Å². The smallest absolute Gasteiger partial charge is 0.335 e. The molecule has 0 aromatic heterocycles. The number of nitrogens with zero attached hydrogens (tertiary/aromatic N) is 1. The van der Waals surface area contributed by atoms with E-state index < -0.39 is 29.6 Å². The van der Waals surface area contributed by atoms with E-state index in [1.807, 2.05) is 13.8 Å².